The second-order valence-corrected chi connectivity index (χ2v) is 7.42. The van der Waals surface area contributed by atoms with Gasteiger partial charge in [-0.05, 0) is 47.1 Å². The van der Waals surface area contributed by atoms with Crippen LogP contribution in [0.15, 0.2) is 30.3 Å². The van der Waals surface area contributed by atoms with Crippen LogP contribution < -0.4 is 0 Å². The Morgan fingerprint density at radius 2 is 1.75 bits per heavy atom. The van der Waals surface area contributed by atoms with E-state index in [2.05, 4.69) is 58.6 Å². The predicted molar refractivity (Wildman–Crippen MR) is 97.9 cm³/mol. The Bertz CT molecular complexity index is 522. The first kappa shape index (κ1) is 18.9. The number of rotatable bonds is 5. The molecule has 0 radical (unpaired) electrons. The lowest BCUT2D eigenvalue weighted by atomic mass is 9.98. The zero-order valence-corrected chi connectivity index (χ0v) is 15.9. The molecule has 1 saturated heterocycles. The van der Waals surface area contributed by atoms with Crippen molar-refractivity contribution in [3.05, 3.63) is 35.9 Å². The molecule has 1 aliphatic heterocycles. The minimum atomic E-state index is 0.0155. The van der Waals surface area contributed by atoms with Crippen LogP contribution in [-0.2, 0) is 9.53 Å². The van der Waals surface area contributed by atoms with Gasteiger partial charge in [-0.15, -0.1) is 0 Å². The molecule has 4 heteroatoms. The van der Waals surface area contributed by atoms with Gasteiger partial charge in [0.15, 0.2) is 0 Å². The summed E-state index contributed by atoms with van der Waals surface area (Å²) in [4.78, 5) is 17.1. The van der Waals surface area contributed by atoms with Crippen LogP contribution in [0.5, 0.6) is 0 Å². The number of benzene rings is 1. The third kappa shape index (κ3) is 4.17. The molecule has 3 unspecified atom stereocenters. The Balaban J connectivity index is 2.14. The van der Waals surface area contributed by atoms with Gasteiger partial charge in [-0.2, -0.15) is 0 Å². The standard InChI is InChI=1S/C20H32N2O2/c1-14(2)22(15(3)4)19(23)12-21-16(5)13-24-20(17(21)6)18-10-8-7-9-11-18/h7-11,14-17,20H,12-13H2,1-6H3. The molecule has 1 amide bonds. The average Bonchev–Trinajstić information content (AvgIpc) is 2.51. The van der Waals surface area contributed by atoms with E-state index in [0.717, 1.165) is 0 Å². The highest BCUT2D eigenvalue weighted by molar-refractivity contribution is 5.79. The predicted octanol–water partition coefficient (Wildman–Crippen LogP) is 3.48. The van der Waals surface area contributed by atoms with E-state index in [1.165, 1.54) is 5.56 Å². The maximum Gasteiger partial charge on any atom is 0.237 e. The highest BCUT2D eigenvalue weighted by Crippen LogP contribution is 2.30. The van der Waals surface area contributed by atoms with Crippen molar-refractivity contribution in [1.29, 1.82) is 0 Å². The summed E-state index contributed by atoms with van der Waals surface area (Å²) < 4.78 is 6.09. The van der Waals surface area contributed by atoms with Crippen molar-refractivity contribution in [2.75, 3.05) is 13.2 Å². The molecule has 4 nitrogen and oxygen atoms in total. The second-order valence-electron chi connectivity index (χ2n) is 7.42. The minimum absolute atomic E-state index is 0.0155. The van der Waals surface area contributed by atoms with Crippen LogP contribution in [0.2, 0.25) is 0 Å². The number of hydrogen-bond acceptors (Lipinski definition) is 3. The van der Waals surface area contributed by atoms with Gasteiger partial charge in [0, 0.05) is 24.2 Å². The van der Waals surface area contributed by atoms with Crippen molar-refractivity contribution in [1.82, 2.24) is 9.80 Å². The van der Waals surface area contributed by atoms with Crippen LogP contribution in [0.1, 0.15) is 53.2 Å². The first-order valence-corrected chi connectivity index (χ1v) is 9.06. The Morgan fingerprint density at radius 3 is 2.29 bits per heavy atom. The normalized spacial score (nSPS) is 25.2. The highest BCUT2D eigenvalue weighted by Gasteiger charge is 2.36. The fraction of sp³-hybridized carbons (Fsp3) is 0.650. The molecule has 1 aromatic carbocycles. The number of ether oxygens (including phenoxy) is 1. The summed E-state index contributed by atoms with van der Waals surface area (Å²) in [5.74, 6) is 0.201. The molecule has 0 spiro atoms. The molecule has 1 aromatic rings. The first-order valence-electron chi connectivity index (χ1n) is 9.06. The maximum absolute atomic E-state index is 12.9. The molecule has 1 fully saturated rings. The zero-order chi connectivity index (χ0) is 17.9. The molecule has 0 aliphatic carbocycles. The van der Waals surface area contributed by atoms with Gasteiger partial charge in [0.2, 0.25) is 5.91 Å². The van der Waals surface area contributed by atoms with Gasteiger partial charge in [0.1, 0.15) is 0 Å². The zero-order valence-electron chi connectivity index (χ0n) is 15.9. The van der Waals surface area contributed by atoms with Crippen molar-refractivity contribution < 1.29 is 9.53 Å². The SMILES string of the molecule is CC1COC(c2ccccc2)C(C)N1CC(=O)N(C(C)C)C(C)C. The van der Waals surface area contributed by atoms with E-state index < -0.39 is 0 Å². The van der Waals surface area contributed by atoms with E-state index in [4.69, 9.17) is 4.74 Å². The van der Waals surface area contributed by atoms with E-state index in [1.54, 1.807) is 0 Å². The van der Waals surface area contributed by atoms with Gasteiger partial charge in [-0.1, -0.05) is 30.3 Å². The molecular weight excluding hydrogens is 300 g/mol. The van der Waals surface area contributed by atoms with Crippen molar-refractivity contribution in [2.24, 2.45) is 0 Å². The Hall–Kier alpha value is -1.39. The summed E-state index contributed by atoms with van der Waals surface area (Å²) in [5.41, 5.74) is 1.18. The van der Waals surface area contributed by atoms with Gasteiger partial charge in [0.05, 0.1) is 19.3 Å². The smallest absolute Gasteiger partial charge is 0.237 e. The third-order valence-electron chi connectivity index (χ3n) is 4.89. The third-order valence-corrected chi connectivity index (χ3v) is 4.89. The number of morpholine rings is 1. The summed E-state index contributed by atoms with van der Waals surface area (Å²) in [5, 5.41) is 0. The van der Waals surface area contributed by atoms with Gasteiger partial charge >= 0.3 is 0 Å². The molecular formula is C20H32N2O2. The first-order chi connectivity index (χ1) is 11.3. The van der Waals surface area contributed by atoms with E-state index >= 15 is 0 Å². The van der Waals surface area contributed by atoms with Gasteiger partial charge in [-0.25, -0.2) is 0 Å². The molecule has 1 aliphatic rings. The average molecular weight is 332 g/mol. The lowest BCUT2D eigenvalue weighted by Gasteiger charge is -2.44. The highest BCUT2D eigenvalue weighted by atomic mass is 16.5. The monoisotopic (exact) mass is 332 g/mol. The quantitative estimate of drug-likeness (QED) is 0.827. The Morgan fingerprint density at radius 1 is 1.17 bits per heavy atom. The lowest BCUT2D eigenvalue weighted by molar-refractivity contribution is -0.144. The lowest BCUT2D eigenvalue weighted by Crippen LogP contribution is -2.56. The van der Waals surface area contributed by atoms with Crippen LogP contribution in [0.4, 0.5) is 0 Å². The van der Waals surface area contributed by atoms with Crippen molar-refractivity contribution in [3.8, 4) is 0 Å². The molecule has 3 atom stereocenters. The van der Waals surface area contributed by atoms with E-state index in [-0.39, 0.29) is 36.2 Å². The van der Waals surface area contributed by atoms with E-state index in [9.17, 15) is 4.79 Å². The van der Waals surface area contributed by atoms with Crippen LogP contribution in [-0.4, -0.2) is 53.0 Å². The number of nitrogens with zero attached hydrogens (tertiary/aromatic N) is 2. The summed E-state index contributed by atoms with van der Waals surface area (Å²) in [6.07, 6.45) is 0.0155. The molecule has 0 aromatic heterocycles. The van der Waals surface area contributed by atoms with Crippen molar-refractivity contribution >= 4 is 5.91 Å². The summed E-state index contributed by atoms with van der Waals surface area (Å²) in [7, 11) is 0. The van der Waals surface area contributed by atoms with E-state index in [0.29, 0.717) is 13.2 Å². The number of hydrogen-bond donors (Lipinski definition) is 0. The number of carbonyl (C=O) groups excluding carboxylic acids is 1. The number of carbonyl (C=O) groups is 1. The molecule has 1 heterocycles. The van der Waals surface area contributed by atoms with Crippen LogP contribution >= 0.6 is 0 Å². The molecule has 0 N–H and O–H groups in total. The Kier molecular flexibility index (Phi) is 6.41. The van der Waals surface area contributed by atoms with Gasteiger partial charge in [-0.3, -0.25) is 9.69 Å². The summed E-state index contributed by atoms with van der Waals surface area (Å²) >= 11 is 0. The molecule has 134 valence electrons. The fourth-order valence-electron chi connectivity index (χ4n) is 3.78. The van der Waals surface area contributed by atoms with Gasteiger partial charge in [0.25, 0.3) is 0 Å². The Labute approximate surface area is 146 Å². The molecule has 24 heavy (non-hydrogen) atoms. The topological polar surface area (TPSA) is 32.8 Å². The van der Waals surface area contributed by atoms with E-state index in [1.807, 2.05) is 23.1 Å². The van der Waals surface area contributed by atoms with Crippen molar-refractivity contribution in [3.63, 3.8) is 0 Å². The largest absolute Gasteiger partial charge is 0.370 e. The van der Waals surface area contributed by atoms with Crippen LogP contribution in [0.25, 0.3) is 0 Å². The summed E-state index contributed by atoms with van der Waals surface area (Å²) in [6.45, 7) is 13.7. The van der Waals surface area contributed by atoms with Gasteiger partial charge < -0.3 is 9.64 Å². The minimum Gasteiger partial charge on any atom is -0.370 e. The maximum atomic E-state index is 12.9. The molecule has 0 bridgehead atoms. The van der Waals surface area contributed by atoms with Crippen LogP contribution in [0, 0.1) is 0 Å². The van der Waals surface area contributed by atoms with Crippen molar-refractivity contribution in [2.45, 2.75) is 71.8 Å². The fourth-order valence-corrected chi connectivity index (χ4v) is 3.78. The molecule has 0 saturated carbocycles. The number of amides is 1. The molecule has 2 rings (SSSR count). The summed E-state index contributed by atoms with van der Waals surface area (Å²) in [6, 6.07) is 11.1. The van der Waals surface area contributed by atoms with Crippen LogP contribution in [0.3, 0.4) is 0 Å². The second kappa shape index (κ2) is 8.13.